The molecule has 12 heteroatoms. The number of rotatable bonds is 7. The fourth-order valence-electron chi connectivity index (χ4n) is 4.66. The average molecular weight is 513 g/mol. The second-order valence-electron chi connectivity index (χ2n) is 9.76. The summed E-state index contributed by atoms with van der Waals surface area (Å²) >= 11 is 0. The molecule has 1 N–H and O–H groups in total. The van der Waals surface area contributed by atoms with E-state index in [0.717, 1.165) is 19.6 Å². The molecule has 0 saturated carbocycles. The Bertz CT molecular complexity index is 1230. The van der Waals surface area contributed by atoms with Crippen LogP contribution in [0.5, 0.6) is 5.88 Å². The number of piperazine rings is 2. The molecule has 5 rings (SSSR count). The van der Waals surface area contributed by atoms with Crippen LogP contribution in [0.15, 0.2) is 36.4 Å². The van der Waals surface area contributed by atoms with Crippen LogP contribution in [0.25, 0.3) is 5.69 Å². The van der Waals surface area contributed by atoms with Crippen LogP contribution in [0.4, 0.5) is 14.6 Å². The number of fused-ring (bicyclic) bond motifs is 1. The van der Waals surface area contributed by atoms with Crippen LogP contribution in [-0.2, 0) is 11.4 Å². The van der Waals surface area contributed by atoms with Crippen molar-refractivity contribution in [1.82, 2.24) is 35.4 Å². The van der Waals surface area contributed by atoms with Crippen LogP contribution in [-0.4, -0.2) is 74.3 Å². The van der Waals surface area contributed by atoms with Crippen LogP contribution in [0.1, 0.15) is 37.2 Å². The zero-order valence-corrected chi connectivity index (χ0v) is 21.0. The Hall–Kier alpha value is -3.67. The Kier molecular flexibility index (Phi) is 7.00. The van der Waals surface area contributed by atoms with Crippen LogP contribution < -0.4 is 15.0 Å². The molecule has 4 heterocycles. The normalized spacial score (nSPS) is 20.3. The maximum Gasteiger partial charge on any atom is 0.263 e. The fraction of sp³-hybridized carbons (Fsp3) is 0.480. The standard InChI is InChI=1S/C25H30F2N8O2/c1-15(2)19-12-33-10-11-34(13-20(33)25(36)28-19)22-8-9-23(31-30-22)37-14-21-16(3)29-32-35(21)18-6-4-17(5-7-18)24(26)27/h4-9,15,19-20,24H,10-14H2,1-3H3,(H,28,36)/t19?,20-/m0/s1. The Morgan fingerprint density at radius 1 is 1.05 bits per heavy atom. The maximum absolute atomic E-state index is 12.9. The first-order valence-corrected chi connectivity index (χ1v) is 12.4. The van der Waals surface area contributed by atoms with Crippen molar-refractivity contribution in [2.75, 3.05) is 31.1 Å². The third-order valence-corrected chi connectivity index (χ3v) is 7.01. The Morgan fingerprint density at radius 3 is 2.51 bits per heavy atom. The SMILES string of the molecule is Cc1nnn(-c2ccc(C(F)F)cc2)c1COc1ccc(N2CCN3CC(C(C)C)NC(=O)[C@@H]3C2)nn1. The summed E-state index contributed by atoms with van der Waals surface area (Å²) in [6, 6.07) is 9.43. The van der Waals surface area contributed by atoms with E-state index in [0.29, 0.717) is 41.2 Å². The lowest BCUT2D eigenvalue weighted by molar-refractivity contribution is -0.131. The molecule has 2 aromatic heterocycles. The largest absolute Gasteiger partial charge is 0.470 e. The molecule has 10 nitrogen and oxygen atoms in total. The summed E-state index contributed by atoms with van der Waals surface area (Å²) in [4.78, 5) is 17.0. The first-order valence-electron chi connectivity index (χ1n) is 12.4. The molecule has 2 aliphatic rings. The van der Waals surface area contributed by atoms with Gasteiger partial charge >= 0.3 is 0 Å². The summed E-state index contributed by atoms with van der Waals surface area (Å²) in [6.45, 7) is 9.14. The molecule has 2 aliphatic heterocycles. The molecule has 2 fully saturated rings. The van der Waals surface area contributed by atoms with Crippen molar-refractivity contribution in [3.05, 3.63) is 53.3 Å². The highest BCUT2D eigenvalue weighted by molar-refractivity contribution is 5.84. The highest BCUT2D eigenvalue weighted by Crippen LogP contribution is 2.24. The predicted molar refractivity (Wildman–Crippen MR) is 132 cm³/mol. The number of aryl methyl sites for hydroxylation is 1. The van der Waals surface area contributed by atoms with Crippen molar-refractivity contribution in [2.45, 2.75) is 45.9 Å². The number of benzene rings is 1. The average Bonchev–Trinajstić information content (AvgIpc) is 3.27. The molecular formula is C25H30F2N8O2. The number of carbonyl (C=O) groups is 1. The van der Waals surface area contributed by atoms with Gasteiger partial charge in [-0.05, 0) is 31.0 Å². The van der Waals surface area contributed by atoms with E-state index in [4.69, 9.17) is 4.74 Å². The van der Waals surface area contributed by atoms with E-state index in [2.05, 4.69) is 49.5 Å². The lowest BCUT2D eigenvalue weighted by Gasteiger charge is -2.46. The van der Waals surface area contributed by atoms with Gasteiger partial charge in [0, 0.05) is 43.9 Å². The molecule has 1 aromatic carbocycles. The van der Waals surface area contributed by atoms with E-state index in [-0.39, 0.29) is 30.2 Å². The quantitative estimate of drug-likeness (QED) is 0.516. The number of nitrogens with zero attached hydrogens (tertiary/aromatic N) is 7. The zero-order valence-electron chi connectivity index (χ0n) is 21.0. The molecule has 0 aliphatic carbocycles. The van der Waals surface area contributed by atoms with Gasteiger partial charge in [0.15, 0.2) is 5.82 Å². The summed E-state index contributed by atoms with van der Waals surface area (Å²) in [7, 11) is 0. The van der Waals surface area contributed by atoms with E-state index in [1.54, 1.807) is 29.8 Å². The van der Waals surface area contributed by atoms with E-state index in [1.165, 1.54) is 12.1 Å². The van der Waals surface area contributed by atoms with Crippen LogP contribution in [0, 0.1) is 12.8 Å². The number of anilines is 1. The molecule has 37 heavy (non-hydrogen) atoms. The monoisotopic (exact) mass is 512 g/mol. The molecule has 1 unspecified atom stereocenters. The number of amides is 1. The molecule has 196 valence electrons. The predicted octanol–water partition coefficient (Wildman–Crippen LogP) is 2.53. The van der Waals surface area contributed by atoms with Gasteiger partial charge in [-0.3, -0.25) is 9.69 Å². The molecular weight excluding hydrogens is 482 g/mol. The highest BCUT2D eigenvalue weighted by Gasteiger charge is 2.39. The summed E-state index contributed by atoms with van der Waals surface area (Å²) in [5.74, 6) is 1.48. The van der Waals surface area contributed by atoms with Gasteiger partial charge in [0.05, 0.1) is 11.4 Å². The molecule has 0 bridgehead atoms. The molecule has 0 radical (unpaired) electrons. The summed E-state index contributed by atoms with van der Waals surface area (Å²) < 4.78 is 33.2. The third kappa shape index (κ3) is 5.24. The summed E-state index contributed by atoms with van der Waals surface area (Å²) in [6.07, 6.45) is -2.53. The first-order chi connectivity index (χ1) is 17.8. The number of nitrogens with one attached hydrogen (secondary N) is 1. The minimum Gasteiger partial charge on any atom is -0.470 e. The van der Waals surface area contributed by atoms with Crippen molar-refractivity contribution in [2.24, 2.45) is 5.92 Å². The van der Waals surface area contributed by atoms with E-state index >= 15 is 0 Å². The second kappa shape index (κ2) is 10.4. The van der Waals surface area contributed by atoms with Crippen LogP contribution >= 0.6 is 0 Å². The lowest BCUT2D eigenvalue weighted by atomic mass is 9.97. The summed E-state index contributed by atoms with van der Waals surface area (Å²) in [5, 5.41) is 19.9. The van der Waals surface area contributed by atoms with Gasteiger partial charge in [-0.25, -0.2) is 13.5 Å². The number of carbonyl (C=O) groups excluding carboxylic acids is 1. The zero-order chi connectivity index (χ0) is 26.1. The van der Waals surface area contributed by atoms with Crippen molar-refractivity contribution >= 4 is 11.7 Å². The van der Waals surface area contributed by atoms with Gasteiger partial charge in [-0.1, -0.05) is 31.2 Å². The van der Waals surface area contributed by atoms with Crippen LogP contribution in [0.2, 0.25) is 0 Å². The minimum atomic E-state index is -2.53. The Labute approximate surface area is 213 Å². The lowest BCUT2D eigenvalue weighted by Crippen LogP contribution is -2.67. The van der Waals surface area contributed by atoms with Gasteiger partial charge in [0.1, 0.15) is 18.3 Å². The molecule has 3 aromatic rings. The Morgan fingerprint density at radius 2 is 1.84 bits per heavy atom. The molecule has 2 atom stereocenters. The number of halogens is 2. The number of alkyl halides is 2. The van der Waals surface area contributed by atoms with E-state index < -0.39 is 6.43 Å². The topological polar surface area (TPSA) is 101 Å². The third-order valence-electron chi connectivity index (χ3n) is 7.01. The maximum atomic E-state index is 12.9. The van der Waals surface area contributed by atoms with Crippen molar-refractivity contribution in [3.8, 4) is 11.6 Å². The van der Waals surface area contributed by atoms with Gasteiger partial charge < -0.3 is 15.0 Å². The molecule has 1 amide bonds. The number of aromatic nitrogens is 5. The number of hydrogen-bond acceptors (Lipinski definition) is 8. The minimum absolute atomic E-state index is 0.0565. The smallest absolute Gasteiger partial charge is 0.263 e. The van der Waals surface area contributed by atoms with Gasteiger partial charge in [0.2, 0.25) is 11.8 Å². The van der Waals surface area contributed by atoms with E-state index in [9.17, 15) is 13.6 Å². The Balaban J connectivity index is 1.22. The van der Waals surface area contributed by atoms with Crippen molar-refractivity contribution < 1.29 is 18.3 Å². The van der Waals surface area contributed by atoms with Crippen molar-refractivity contribution in [3.63, 3.8) is 0 Å². The summed E-state index contributed by atoms with van der Waals surface area (Å²) in [5.41, 5.74) is 1.88. The van der Waals surface area contributed by atoms with Crippen LogP contribution in [0.3, 0.4) is 0 Å². The molecule has 0 spiro atoms. The second-order valence-corrected chi connectivity index (χ2v) is 9.76. The fourth-order valence-corrected chi connectivity index (χ4v) is 4.66. The van der Waals surface area contributed by atoms with E-state index in [1.807, 2.05) is 6.07 Å². The highest BCUT2D eigenvalue weighted by atomic mass is 19.3. The van der Waals surface area contributed by atoms with Gasteiger partial charge in [-0.15, -0.1) is 15.3 Å². The number of hydrogen-bond donors (Lipinski definition) is 1. The van der Waals surface area contributed by atoms with Crippen molar-refractivity contribution in [1.29, 1.82) is 0 Å². The van der Waals surface area contributed by atoms with Gasteiger partial charge in [-0.2, -0.15) is 0 Å². The van der Waals surface area contributed by atoms with Gasteiger partial charge in [0.25, 0.3) is 6.43 Å². The molecule has 2 saturated heterocycles. The number of ether oxygens (including phenoxy) is 1. The first kappa shape index (κ1) is 25.0.